The maximum absolute atomic E-state index is 11.3. The smallest absolute Gasteiger partial charge is 0.344 e. The number of hydrogen-bond donors (Lipinski definition) is 4. The number of aliphatic hydroxyl groups is 1. The molecule has 0 atom stereocenters. The van der Waals surface area contributed by atoms with Crippen molar-refractivity contribution < 1.29 is 13.5 Å². The van der Waals surface area contributed by atoms with Gasteiger partial charge in [-0.25, -0.2) is 0 Å². The summed E-state index contributed by atoms with van der Waals surface area (Å²) in [4.78, 5) is 0. The maximum atomic E-state index is 11.3. The van der Waals surface area contributed by atoms with Gasteiger partial charge in [0.1, 0.15) is 5.84 Å². The third-order valence-corrected chi connectivity index (χ3v) is 3.12. The summed E-state index contributed by atoms with van der Waals surface area (Å²) in [6.45, 7) is 0.308. The molecule has 8 heteroatoms. The standard InChI is InChI=1S/C9H12N4O3S/c10-9-8-6(11-4-5-14)2-1-3-7(8)12-17(15,16)13-9/h1-3,11-12,14H,4-5H2,(H2,10,13). The van der Waals surface area contributed by atoms with Crippen molar-refractivity contribution in [1.82, 2.24) is 0 Å². The molecule has 0 fully saturated rings. The number of nitrogens with zero attached hydrogens (tertiary/aromatic N) is 1. The highest BCUT2D eigenvalue weighted by atomic mass is 32.2. The molecule has 1 aliphatic rings. The number of rotatable bonds is 3. The molecule has 17 heavy (non-hydrogen) atoms. The third kappa shape index (κ3) is 2.32. The Morgan fingerprint density at radius 1 is 1.47 bits per heavy atom. The predicted octanol–water partition coefficient (Wildman–Crippen LogP) is -0.534. The van der Waals surface area contributed by atoms with E-state index in [2.05, 4.69) is 14.4 Å². The fourth-order valence-electron chi connectivity index (χ4n) is 1.59. The number of nitrogens with two attached hydrogens (primary N) is 1. The van der Waals surface area contributed by atoms with Gasteiger partial charge in [0.2, 0.25) is 0 Å². The maximum Gasteiger partial charge on any atom is 0.344 e. The van der Waals surface area contributed by atoms with Crippen LogP contribution in [0.15, 0.2) is 22.6 Å². The number of aliphatic hydroxyl groups excluding tert-OH is 1. The first kappa shape index (κ1) is 11.7. The Hall–Kier alpha value is -1.80. The van der Waals surface area contributed by atoms with Crippen LogP contribution in [-0.2, 0) is 10.2 Å². The minimum atomic E-state index is -3.75. The van der Waals surface area contributed by atoms with E-state index in [0.717, 1.165) is 0 Å². The second-order valence-electron chi connectivity index (χ2n) is 3.43. The number of hydrogen-bond acceptors (Lipinski definition) is 5. The van der Waals surface area contributed by atoms with Crippen molar-refractivity contribution in [3.05, 3.63) is 23.8 Å². The summed E-state index contributed by atoms with van der Waals surface area (Å²) in [6, 6.07) is 5.01. The normalized spacial score (nSPS) is 16.6. The fraction of sp³-hybridized carbons (Fsp3) is 0.222. The Labute approximate surface area is 98.5 Å². The molecule has 0 radical (unpaired) electrons. The number of fused-ring (bicyclic) bond motifs is 1. The van der Waals surface area contributed by atoms with E-state index in [9.17, 15) is 8.42 Å². The lowest BCUT2D eigenvalue weighted by Crippen LogP contribution is -2.27. The lowest BCUT2D eigenvalue weighted by atomic mass is 10.1. The van der Waals surface area contributed by atoms with Crippen LogP contribution in [0.2, 0.25) is 0 Å². The molecule has 7 nitrogen and oxygen atoms in total. The van der Waals surface area contributed by atoms with Gasteiger partial charge in [-0.2, -0.15) is 8.42 Å². The zero-order chi connectivity index (χ0) is 12.5. The number of nitrogens with one attached hydrogen (secondary N) is 2. The molecule has 1 aromatic rings. The van der Waals surface area contributed by atoms with Gasteiger partial charge in [-0.1, -0.05) is 6.07 Å². The number of anilines is 2. The van der Waals surface area contributed by atoms with Gasteiger partial charge in [-0.05, 0) is 12.1 Å². The Bertz CT molecular complexity index is 568. The second-order valence-corrected chi connectivity index (χ2v) is 4.77. The van der Waals surface area contributed by atoms with E-state index in [1.165, 1.54) is 0 Å². The first-order valence-corrected chi connectivity index (χ1v) is 6.34. The molecule has 1 heterocycles. The first-order valence-electron chi connectivity index (χ1n) is 4.90. The average Bonchev–Trinajstić information content (AvgIpc) is 2.23. The highest BCUT2D eigenvalue weighted by Crippen LogP contribution is 2.28. The summed E-state index contributed by atoms with van der Waals surface area (Å²) in [5, 5.41) is 11.7. The van der Waals surface area contributed by atoms with Gasteiger partial charge in [-0.3, -0.25) is 4.72 Å². The van der Waals surface area contributed by atoms with Gasteiger partial charge < -0.3 is 16.2 Å². The van der Waals surface area contributed by atoms with Crippen LogP contribution in [0.25, 0.3) is 0 Å². The van der Waals surface area contributed by atoms with E-state index in [0.29, 0.717) is 23.5 Å². The minimum Gasteiger partial charge on any atom is -0.395 e. The molecule has 0 saturated heterocycles. The van der Waals surface area contributed by atoms with Crippen LogP contribution in [0.4, 0.5) is 11.4 Å². The molecule has 1 aromatic carbocycles. The molecule has 0 aliphatic carbocycles. The van der Waals surface area contributed by atoms with Crippen molar-refractivity contribution >= 4 is 27.4 Å². The second kappa shape index (κ2) is 4.22. The predicted molar refractivity (Wildman–Crippen MR) is 65.3 cm³/mol. The molecule has 1 aliphatic heterocycles. The van der Waals surface area contributed by atoms with Gasteiger partial charge in [0, 0.05) is 12.2 Å². The molecule has 0 saturated carbocycles. The van der Waals surface area contributed by atoms with Crippen molar-refractivity contribution in [1.29, 1.82) is 0 Å². The van der Waals surface area contributed by atoms with Crippen LogP contribution in [0.1, 0.15) is 5.56 Å². The summed E-state index contributed by atoms with van der Waals surface area (Å²) < 4.78 is 28.3. The monoisotopic (exact) mass is 256 g/mol. The van der Waals surface area contributed by atoms with Gasteiger partial charge >= 0.3 is 10.2 Å². The molecule has 0 bridgehead atoms. The van der Waals surface area contributed by atoms with Crippen LogP contribution in [0.3, 0.4) is 0 Å². The van der Waals surface area contributed by atoms with Crippen molar-refractivity contribution in [2.75, 3.05) is 23.2 Å². The lowest BCUT2D eigenvalue weighted by molar-refractivity contribution is 0.311. The van der Waals surface area contributed by atoms with Gasteiger partial charge in [0.05, 0.1) is 17.9 Å². The summed E-state index contributed by atoms with van der Waals surface area (Å²) in [5.74, 6) is -0.0696. The minimum absolute atomic E-state index is 0.0353. The van der Waals surface area contributed by atoms with Crippen molar-refractivity contribution in [3.63, 3.8) is 0 Å². The zero-order valence-corrected chi connectivity index (χ0v) is 9.66. The molecule has 5 N–H and O–H groups in total. The highest BCUT2D eigenvalue weighted by molar-refractivity contribution is 7.91. The van der Waals surface area contributed by atoms with Gasteiger partial charge in [0.25, 0.3) is 0 Å². The third-order valence-electron chi connectivity index (χ3n) is 2.21. The van der Waals surface area contributed by atoms with Crippen molar-refractivity contribution in [2.24, 2.45) is 10.1 Å². The van der Waals surface area contributed by atoms with Crippen molar-refractivity contribution in [2.45, 2.75) is 0 Å². The van der Waals surface area contributed by atoms with Crippen molar-refractivity contribution in [3.8, 4) is 0 Å². The van der Waals surface area contributed by atoms with E-state index < -0.39 is 10.2 Å². The number of amidine groups is 1. The molecular formula is C9H12N4O3S. The lowest BCUT2D eigenvalue weighted by Gasteiger charge is -2.19. The molecular weight excluding hydrogens is 244 g/mol. The van der Waals surface area contributed by atoms with E-state index in [-0.39, 0.29) is 12.4 Å². The molecule has 0 amide bonds. The molecule has 2 rings (SSSR count). The van der Waals surface area contributed by atoms with Crippen LogP contribution >= 0.6 is 0 Å². The summed E-state index contributed by atoms with van der Waals surface area (Å²) in [7, 11) is -3.75. The van der Waals surface area contributed by atoms with Crippen LogP contribution in [-0.4, -0.2) is 32.5 Å². The first-order chi connectivity index (χ1) is 8.03. The molecule has 0 aromatic heterocycles. The van der Waals surface area contributed by atoms with Crippen LogP contribution in [0, 0.1) is 0 Å². The van der Waals surface area contributed by atoms with E-state index in [1.807, 2.05) is 0 Å². The van der Waals surface area contributed by atoms with E-state index in [1.54, 1.807) is 18.2 Å². The quantitative estimate of drug-likeness (QED) is 0.580. The fourth-order valence-corrected chi connectivity index (χ4v) is 2.43. The average molecular weight is 256 g/mol. The Morgan fingerprint density at radius 3 is 2.94 bits per heavy atom. The molecule has 92 valence electrons. The van der Waals surface area contributed by atoms with Gasteiger partial charge in [0.15, 0.2) is 0 Å². The largest absolute Gasteiger partial charge is 0.395 e. The van der Waals surface area contributed by atoms with Crippen LogP contribution < -0.4 is 15.8 Å². The summed E-state index contributed by atoms with van der Waals surface area (Å²) in [6.07, 6.45) is 0. The van der Waals surface area contributed by atoms with Gasteiger partial charge in [-0.15, -0.1) is 4.40 Å². The topological polar surface area (TPSA) is 117 Å². The van der Waals surface area contributed by atoms with E-state index in [4.69, 9.17) is 10.8 Å². The Balaban J connectivity index is 2.49. The highest BCUT2D eigenvalue weighted by Gasteiger charge is 2.23. The van der Waals surface area contributed by atoms with E-state index >= 15 is 0 Å². The Morgan fingerprint density at radius 2 is 2.24 bits per heavy atom. The Kier molecular flexibility index (Phi) is 2.90. The zero-order valence-electron chi connectivity index (χ0n) is 8.84. The molecule has 0 unspecified atom stereocenters. The molecule has 0 spiro atoms. The summed E-state index contributed by atoms with van der Waals surface area (Å²) in [5.41, 5.74) is 7.12. The summed E-state index contributed by atoms with van der Waals surface area (Å²) >= 11 is 0. The number of benzene rings is 1. The van der Waals surface area contributed by atoms with Crippen LogP contribution in [0.5, 0.6) is 0 Å². The SMILES string of the molecule is NC1=NS(=O)(=O)Nc2cccc(NCCO)c21.